The highest BCUT2D eigenvalue weighted by Gasteiger charge is 2.33. The molecule has 1 aromatic heterocycles. The SMILES string of the molecule is N#Cc1ccc(N2CCC(C(=O)N3CCCC(C(N)=O)C3)CC2)nc1. The Morgan fingerprint density at radius 3 is 2.52 bits per heavy atom. The van der Waals surface area contributed by atoms with Gasteiger partial charge in [-0.2, -0.15) is 5.26 Å². The first-order chi connectivity index (χ1) is 12.1. The normalized spacial score (nSPS) is 21.6. The van der Waals surface area contributed by atoms with Crippen LogP contribution in [0.4, 0.5) is 5.82 Å². The molecule has 1 unspecified atom stereocenters. The van der Waals surface area contributed by atoms with E-state index in [-0.39, 0.29) is 23.7 Å². The van der Waals surface area contributed by atoms with Crippen molar-refractivity contribution in [3.8, 4) is 6.07 Å². The van der Waals surface area contributed by atoms with Gasteiger partial charge in [-0.25, -0.2) is 4.98 Å². The number of hydrogen-bond acceptors (Lipinski definition) is 5. The molecule has 2 N–H and O–H groups in total. The van der Waals surface area contributed by atoms with Crippen molar-refractivity contribution in [2.24, 2.45) is 17.6 Å². The second kappa shape index (κ2) is 7.51. The number of likely N-dealkylation sites (tertiary alicyclic amines) is 1. The number of nitrogens with two attached hydrogens (primary N) is 1. The molecular weight excluding hydrogens is 318 g/mol. The third-order valence-corrected chi connectivity index (χ3v) is 5.18. The summed E-state index contributed by atoms with van der Waals surface area (Å²) in [5.74, 6) is 0.483. The van der Waals surface area contributed by atoms with Crippen LogP contribution in [-0.2, 0) is 9.59 Å². The zero-order valence-corrected chi connectivity index (χ0v) is 14.2. The maximum Gasteiger partial charge on any atom is 0.225 e. The standard InChI is InChI=1S/C18H23N5O2/c19-10-13-3-4-16(21-11-13)22-8-5-14(6-9-22)18(25)23-7-1-2-15(12-23)17(20)24/h3-4,11,14-15H,1-2,5-9,12H2,(H2,20,24). The highest BCUT2D eigenvalue weighted by Crippen LogP contribution is 2.25. The lowest BCUT2D eigenvalue weighted by Gasteiger charge is -2.37. The Morgan fingerprint density at radius 1 is 1.16 bits per heavy atom. The Kier molecular flexibility index (Phi) is 5.17. The number of aromatic nitrogens is 1. The summed E-state index contributed by atoms with van der Waals surface area (Å²) in [4.78, 5) is 32.4. The number of carbonyl (C=O) groups is 2. The lowest BCUT2D eigenvalue weighted by molar-refractivity contribution is -0.139. The van der Waals surface area contributed by atoms with Crippen LogP contribution in [0.5, 0.6) is 0 Å². The van der Waals surface area contributed by atoms with Gasteiger partial charge >= 0.3 is 0 Å². The third-order valence-electron chi connectivity index (χ3n) is 5.18. The van der Waals surface area contributed by atoms with E-state index in [0.29, 0.717) is 12.1 Å². The molecule has 0 spiro atoms. The molecule has 2 amide bonds. The molecule has 0 aliphatic carbocycles. The minimum atomic E-state index is -0.306. The Balaban J connectivity index is 1.55. The van der Waals surface area contributed by atoms with Crippen molar-refractivity contribution in [1.82, 2.24) is 9.88 Å². The van der Waals surface area contributed by atoms with Crippen LogP contribution in [0, 0.1) is 23.2 Å². The van der Waals surface area contributed by atoms with Crippen molar-refractivity contribution < 1.29 is 9.59 Å². The first-order valence-corrected chi connectivity index (χ1v) is 8.77. The maximum atomic E-state index is 12.8. The number of rotatable bonds is 3. The number of amides is 2. The highest BCUT2D eigenvalue weighted by atomic mass is 16.2. The Bertz CT molecular complexity index is 674. The summed E-state index contributed by atoms with van der Waals surface area (Å²) in [7, 11) is 0. The fourth-order valence-electron chi connectivity index (χ4n) is 3.66. The minimum absolute atomic E-state index is 0.00117. The van der Waals surface area contributed by atoms with Crippen molar-refractivity contribution in [3.05, 3.63) is 23.9 Å². The summed E-state index contributed by atoms with van der Waals surface area (Å²) in [6.45, 7) is 2.72. The number of nitrogens with zero attached hydrogens (tertiary/aromatic N) is 4. The van der Waals surface area contributed by atoms with Gasteiger partial charge in [-0.15, -0.1) is 0 Å². The van der Waals surface area contributed by atoms with Crippen LogP contribution in [-0.4, -0.2) is 47.9 Å². The molecule has 2 aliphatic rings. The summed E-state index contributed by atoms with van der Waals surface area (Å²) >= 11 is 0. The lowest BCUT2D eigenvalue weighted by atomic mass is 9.92. The topological polar surface area (TPSA) is 103 Å². The van der Waals surface area contributed by atoms with E-state index in [2.05, 4.69) is 16.0 Å². The molecule has 7 heteroatoms. The number of nitriles is 1. The van der Waals surface area contributed by atoms with Crippen LogP contribution < -0.4 is 10.6 Å². The Hall–Kier alpha value is -2.62. The maximum absolute atomic E-state index is 12.8. The molecular formula is C18H23N5O2. The average Bonchev–Trinajstić information content (AvgIpc) is 2.67. The van der Waals surface area contributed by atoms with E-state index in [1.165, 1.54) is 0 Å². The molecule has 0 radical (unpaired) electrons. The Labute approximate surface area is 147 Å². The van der Waals surface area contributed by atoms with Gasteiger partial charge < -0.3 is 15.5 Å². The summed E-state index contributed by atoms with van der Waals surface area (Å²) in [5, 5.41) is 8.84. The van der Waals surface area contributed by atoms with Crippen LogP contribution in [0.1, 0.15) is 31.2 Å². The number of pyridine rings is 1. The van der Waals surface area contributed by atoms with Gasteiger partial charge in [0.15, 0.2) is 0 Å². The molecule has 2 fully saturated rings. The van der Waals surface area contributed by atoms with E-state index in [1.54, 1.807) is 12.3 Å². The fraction of sp³-hybridized carbons (Fsp3) is 0.556. The number of hydrogen-bond donors (Lipinski definition) is 1. The van der Waals surface area contributed by atoms with Crippen LogP contribution >= 0.6 is 0 Å². The molecule has 132 valence electrons. The van der Waals surface area contributed by atoms with Crippen LogP contribution in [0.15, 0.2) is 18.3 Å². The number of primary amides is 1. The monoisotopic (exact) mass is 341 g/mol. The van der Waals surface area contributed by atoms with Crippen LogP contribution in [0.3, 0.4) is 0 Å². The van der Waals surface area contributed by atoms with Gasteiger partial charge in [0.2, 0.25) is 11.8 Å². The van der Waals surface area contributed by atoms with Gasteiger partial charge in [0.1, 0.15) is 11.9 Å². The van der Waals surface area contributed by atoms with Gasteiger partial charge in [0.25, 0.3) is 0 Å². The zero-order valence-electron chi connectivity index (χ0n) is 14.2. The van der Waals surface area contributed by atoms with Crippen molar-refractivity contribution in [2.45, 2.75) is 25.7 Å². The largest absolute Gasteiger partial charge is 0.369 e. The number of anilines is 1. The van der Waals surface area contributed by atoms with E-state index in [9.17, 15) is 9.59 Å². The molecule has 2 saturated heterocycles. The molecule has 3 heterocycles. The Morgan fingerprint density at radius 2 is 1.92 bits per heavy atom. The average molecular weight is 341 g/mol. The van der Waals surface area contributed by atoms with Crippen molar-refractivity contribution in [2.75, 3.05) is 31.1 Å². The van der Waals surface area contributed by atoms with E-state index in [4.69, 9.17) is 11.0 Å². The van der Waals surface area contributed by atoms with E-state index >= 15 is 0 Å². The molecule has 3 rings (SSSR count). The van der Waals surface area contributed by atoms with E-state index < -0.39 is 0 Å². The van der Waals surface area contributed by atoms with Crippen molar-refractivity contribution >= 4 is 17.6 Å². The molecule has 0 bridgehead atoms. The smallest absolute Gasteiger partial charge is 0.225 e. The zero-order chi connectivity index (χ0) is 17.8. The van der Waals surface area contributed by atoms with E-state index in [0.717, 1.165) is 51.1 Å². The molecule has 1 aromatic rings. The molecule has 25 heavy (non-hydrogen) atoms. The number of carbonyl (C=O) groups excluding carboxylic acids is 2. The van der Waals surface area contributed by atoms with Gasteiger partial charge in [0, 0.05) is 38.3 Å². The lowest BCUT2D eigenvalue weighted by Crippen LogP contribution is -2.48. The summed E-state index contributed by atoms with van der Waals surface area (Å²) in [5.41, 5.74) is 5.95. The second-order valence-corrected chi connectivity index (χ2v) is 6.80. The van der Waals surface area contributed by atoms with Crippen LogP contribution in [0.2, 0.25) is 0 Å². The second-order valence-electron chi connectivity index (χ2n) is 6.80. The molecule has 7 nitrogen and oxygen atoms in total. The first kappa shape index (κ1) is 17.2. The highest BCUT2D eigenvalue weighted by molar-refractivity contribution is 5.81. The predicted molar refractivity (Wildman–Crippen MR) is 92.4 cm³/mol. The predicted octanol–water partition coefficient (Wildman–Crippen LogP) is 0.894. The fourth-order valence-corrected chi connectivity index (χ4v) is 3.66. The molecule has 1 atom stereocenters. The van der Waals surface area contributed by atoms with E-state index in [1.807, 2.05) is 11.0 Å². The third kappa shape index (κ3) is 3.90. The molecule has 2 aliphatic heterocycles. The molecule has 0 saturated carbocycles. The number of piperidine rings is 2. The quantitative estimate of drug-likeness (QED) is 0.879. The van der Waals surface area contributed by atoms with Gasteiger partial charge in [-0.1, -0.05) is 0 Å². The first-order valence-electron chi connectivity index (χ1n) is 8.77. The summed E-state index contributed by atoms with van der Waals surface area (Å²) in [6, 6.07) is 5.67. The minimum Gasteiger partial charge on any atom is -0.369 e. The van der Waals surface area contributed by atoms with Crippen LogP contribution in [0.25, 0.3) is 0 Å². The summed E-state index contributed by atoms with van der Waals surface area (Å²) < 4.78 is 0. The van der Waals surface area contributed by atoms with Gasteiger partial charge in [-0.3, -0.25) is 9.59 Å². The van der Waals surface area contributed by atoms with Crippen molar-refractivity contribution in [3.63, 3.8) is 0 Å². The van der Waals surface area contributed by atoms with Gasteiger partial charge in [-0.05, 0) is 37.8 Å². The molecule has 0 aromatic carbocycles. The summed E-state index contributed by atoms with van der Waals surface area (Å²) in [6.07, 6.45) is 4.75. The van der Waals surface area contributed by atoms with Gasteiger partial charge in [0.05, 0.1) is 11.5 Å². The van der Waals surface area contributed by atoms with Crippen molar-refractivity contribution in [1.29, 1.82) is 5.26 Å².